The number of hydrogen-bond donors (Lipinski definition) is 0. The lowest BCUT2D eigenvalue weighted by Gasteiger charge is -2.14. The molecule has 0 aliphatic carbocycles. The third-order valence-electron chi connectivity index (χ3n) is 5.07. The van der Waals surface area contributed by atoms with Crippen LogP contribution in [0.1, 0.15) is 29.3 Å². The molecule has 168 valence electrons. The van der Waals surface area contributed by atoms with Crippen LogP contribution in [0.2, 0.25) is 5.02 Å². The summed E-state index contributed by atoms with van der Waals surface area (Å²) in [5.41, 5.74) is 3.53. The van der Waals surface area contributed by atoms with Crippen LogP contribution in [0.25, 0.3) is 6.08 Å². The molecule has 0 unspecified atom stereocenters. The van der Waals surface area contributed by atoms with Crippen molar-refractivity contribution in [1.29, 1.82) is 0 Å². The lowest BCUT2D eigenvalue weighted by molar-refractivity contribution is -0.125. The van der Waals surface area contributed by atoms with Gasteiger partial charge in [-0.15, -0.1) is 0 Å². The highest BCUT2D eigenvalue weighted by Gasteiger charge is 2.12. The van der Waals surface area contributed by atoms with Crippen LogP contribution in [-0.2, 0) is 24.5 Å². The van der Waals surface area contributed by atoms with E-state index in [1.807, 2.05) is 56.3 Å². The van der Waals surface area contributed by atoms with Gasteiger partial charge < -0.3 is 14.4 Å². The lowest BCUT2D eigenvalue weighted by atomic mass is 10.1. The number of ether oxygens (including phenoxy) is 2. The van der Waals surface area contributed by atoms with Gasteiger partial charge in [0.1, 0.15) is 23.8 Å². The van der Waals surface area contributed by atoms with Gasteiger partial charge >= 0.3 is 0 Å². The van der Waals surface area contributed by atoms with Gasteiger partial charge in [0, 0.05) is 31.4 Å². The molecule has 3 aromatic rings. The van der Waals surface area contributed by atoms with Crippen molar-refractivity contribution in [3.8, 4) is 11.5 Å². The summed E-state index contributed by atoms with van der Waals surface area (Å²) in [6.07, 6.45) is 5.09. The molecule has 0 spiro atoms. The van der Waals surface area contributed by atoms with Crippen LogP contribution in [0.3, 0.4) is 0 Å². The van der Waals surface area contributed by atoms with Gasteiger partial charge in [-0.05, 0) is 49.2 Å². The standard InChI is InChI=1S/C25H28ClN3O3/c1-5-29-15-21(26)22(27-29)16-28(3)25(30)13-11-19-10-12-24(31-4)20(14-19)17-32-23-9-7-6-8-18(23)2/h6-15H,5,16-17H2,1-4H3/b13-11+. The van der Waals surface area contributed by atoms with Crippen molar-refractivity contribution < 1.29 is 14.3 Å². The number of likely N-dealkylation sites (N-methyl/N-ethyl adjacent to an activating group) is 1. The third-order valence-corrected chi connectivity index (χ3v) is 5.39. The number of halogens is 1. The smallest absolute Gasteiger partial charge is 0.246 e. The Kier molecular flexibility index (Phi) is 7.95. The Morgan fingerprint density at radius 3 is 2.69 bits per heavy atom. The summed E-state index contributed by atoms with van der Waals surface area (Å²) < 4.78 is 13.2. The number of carbonyl (C=O) groups excluding carboxylic acids is 1. The first-order valence-electron chi connectivity index (χ1n) is 10.4. The van der Waals surface area contributed by atoms with Crippen LogP contribution in [0.4, 0.5) is 0 Å². The molecule has 0 aliphatic rings. The molecule has 0 aliphatic heterocycles. The molecule has 3 rings (SSSR count). The molecule has 2 aromatic carbocycles. The first kappa shape index (κ1) is 23.4. The topological polar surface area (TPSA) is 56.6 Å². The van der Waals surface area contributed by atoms with E-state index < -0.39 is 0 Å². The first-order chi connectivity index (χ1) is 15.4. The van der Waals surface area contributed by atoms with Crippen LogP contribution in [-0.4, -0.2) is 34.7 Å². The van der Waals surface area contributed by atoms with Gasteiger partial charge in [0.15, 0.2) is 0 Å². The number of rotatable bonds is 9. The van der Waals surface area contributed by atoms with E-state index in [1.165, 1.54) is 0 Å². The SMILES string of the molecule is CCn1cc(Cl)c(CN(C)C(=O)/C=C/c2ccc(OC)c(COc3ccccc3C)c2)n1. The zero-order chi connectivity index (χ0) is 23.1. The highest BCUT2D eigenvalue weighted by atomic mass is 35.5. The van der Waals surface area contributed by atoms with E-state index in [0.29, 0.717) is 23.9 Å². The van der Waals surface area contributed by atoms with Crippen molar-refractivity contribution in [2.75, 3.05) is 14.2 Å². The molecule has 0 bridgehead atoms. The van der Waals surface area contributed by atoms with E-state index in [1.54, 1.807) is 42.1 Å². The zero-order valence-corrected chi connectivity index (χ0v) is 19.6. The molecule has 0 saturated heterocycles. The summed E-state index contributed by atoms with van der Waals surface area (Å²) in [5.74, 6) is 1.43. The third kappa shape index (κ3) is 5.92. The van der Waals surface area contributed by atoms with Crippen molar-refractivity contribution in [3.63, 3.8) is 0 Å². The highest BCUT2D eigenvalue weighted by molar-refractivity contribution is 6.31. The first-order valence-corrected chi connectivity index (χ1v) is 10.8. The number of aromatic nitrogens is 2. The minimum atomic E-state index is -0.138. The molecule has 0 N–H and O–H groups in total. The monoisotopic (exact) mass is 453 g/mol. The maximum absolute atomic E-state index is 12.6. The number of carbonyl (C=O) groups is 1. The van der Waals surface area contributed by atoms with Crippen molar-refractivity contribution in [2.24, 2.45) is 0 Å². The maximum Gasteiger partial charge on any atom is 0.246 e. The Morgan fingerprint density at radius 1 is 1.22 bits per heavy atom. The van der Waals surface area contributed by atoms with E-state index in [2.05, 4.69) is 5.10 Å². The van der Waals surface area contributed by atoms with Crippen LogP contribution in [0, 0.1) is 6.92 Å². The molecule has 6 nitrogen and oxygen atoms in total. The Bertz CT molecular complexity index is 1110. The van der Waals surface area contributed by atoms with E-state index in [0.717, 1.165) is 34.7 Å². The second kappa shape index (κ2) is 10.9. The average molecular weight is 454 g/mol. The normalized spacial score (nSPS) is 11.0. The van der Waals surface area contributed by atoms with Crippen molar-refractivity contribution in [2.45, 2.75) is 33.5 Å². The molecular weight excluding hydrogens is 426 g/mol. The zero-order valence-electron chi connectivity index (χ0n) is 18.8. The van der Waals surface area contributed by atoms with Crippen LogP contribution in [0.5, 0.6) is 11.5 Å². The number of hydrogen-bond acceptors (Lipinski definition) is 4. The molecule has 0 saturated carbocycles. The van der Waals surface area contributed by atoms with Crippen LogP contribution in [0.15, 0.2) is 54.7 Å². The van der Waals surface area contributed by atoms with E-state index >= 15 is 0 Å². The minimum absolute atomic E-state index is 0.138. The van der Waals surface area contributed by atoms with Crippen molar-refractivity contribution >= 4 is 23.6 Å². The van der Waals surface area contributed by atoms with Crippen LogP contribution >= 0.6 is 11.6 Å². The average Bonchev–Trinajstić information content (AvgIpc) is 3.16. The van der Waals surface area contributed by atoms with Gasteiger partial charge in [0.25, 0.3) is 0 Å². The fourth-order valence-corrected chi connectivity index (χ4v) is 3.40. The number of benzene rings is 2. The molecule has 0 atom stereocenters. The summed E-state index contributed by atoms with van der Waals surface area (Å²) in [5, 5.41) is 4.95. The fraction of sp³-hybridized carbons (Fsp3) is 0.280. The molecule has 7 heteroatoms. The van der Waals surface area contributed by atoms with Gasteiger partial charge in [-0.25, -0.2) is 0 Å². The molecule has 1 aromatic heterocycles. The summed E-state index contributed by atoms with van der Waals surface area (Å²) in [6.45, 7) is 5.42. The largest absolute Gasteiger partial charge is 0.496 e. The summed E-state index contributed by atoms with van der Waals surface area (Å²) in [6, 6.07) is 13.6. The maximum atomic E-state index is 12.6. The summed E-state index contributed by atoms with van der Waals surface area (Å²) in [4.78, 5) is 14.2. The summed E-state index contributed by atoms with van der Waals surface area (Å²) in [7, 11) is 3.36. The van der Waals surface area contributed by atoms with E-state index in [-0.39, 0.29) is 5.91 Å². The second-order valence-electron chi connectivity index (χ2n) is 7.43. The summed E-state index contributed by atoms with van der Waals surface area (Å²) >= 11 is 6.21. The predicted molar refractivity (Wildman–Crippen MR) is 127 cm³/mol. The number of aryl methyl sites for hydroxylation is 2. The van der Waals surface area contributed by atoms with Gasteiger partial charge in [-0.3, -0.25) is 9.48 Å². The molecule has 0 radical (unpaired) electrons. The van der Waals surface area contributed by atoms with E-state index in [4.69, 9.17) is 21.1 Å². The van der Waals surface area contributed by atoms with Crippen molar-refractivity contribution in [3.05, 3.63) is 82.1 Å². The number of methoxy groups -OCH3 is 1. The highest BCUT2D eigenvalue weighted by Crippen LogP contribution is 2.24. The Labute approximate surface area is 194 Å². The van der Waals surface area contributed by atoms with Gasteiger partial charge in [0.2, 0.25) is 5.91 Å². The fourth-order valence-electron chi connectivity index (χ4n) is 3.19. The van der Waals surface area contributed by atoms with E-state index in [9.17, 15) is 4.79 Å². The molecule has 1 heterocycles. The quantitative estimate of drug-likeness (QED) is 0.422. The number of amides is 1. The Balaban J connectivity index is 1.67. The molecule has 32 heavy (non-hydrogen) atoms. The molecule has 0 fully saturated rings. The number of nitrogens with zero attached hydrogens (tertiary/aromatic N) is 3. The lowest BCUT2D eigenvalue weighted by Crippen LogP contribution is -2.24. The van der Waals surface area contributed by atoms with Gasteiger partial charge in [0.05, 0.1) is 18.7 Å². The Hall–Kier alpha value is -3.25. The molecule has 1 amide bonds. The van der Waals surface area contributed by atoms with Gasteiger partial charge in [-0.2, -0.15) is 5.10 Å². The Morgan fingerprint density at radius 2 is 2.00 bits per heavy atom. The number of para-hydroxylation sites is 1. The van der Waals surface area contributed by atoms with Crippen LogP contribution < -0.4 is 9.47 Å². The predicted octanol–water partition coefficient (Wildman–Crippen LogP) is 5.12. The second-order valence-corrected chi connectivity index (χ2v) is 7.84. The molecular formula is C25H28ClN3O3. The minimum Gasteiger partial charge on any atom is -0.496 e. The van der Waals surface area contributed by atoms with Crippen molar-refractivity contribution in [1.82, 2.24) is 14.7 Å². The van der Waals surface area contributed by atoms with Gasteiger partial charge in [-0.1, -0.05) is 35.9 Å².